The highest BCUT2D eigenvalue weighted by Gasteiger charge is 2.19. The van der Waals surface area contributed by atoms with Gasteiger partial charge >= 0.3 is 12.0 Å². The SMILES string of the molecule is CNC(=O)NC(=O)[C@@H](C)OC(=O)CSc1cc(C)ccc1C. The smallest absolute Gasteiger partial charge is 0.321 e. The number of nitrogens with one attached hydrogen (secondary N) is 2. The van der Waals surface area contributed by atoms with Gasteiger partial charge in [0, 0.05) is 11.9 Å². The molecule has 0 aliphatic rings. The average Bonchev–Trinajstić information content (AvgIpc) is 2.47. The van der Waals surface area contributed by atoms with Crippen LogP contribution in [0.4, 0.5) is 4.79 Å². The van der Waals surface area contributed by atoms with Crippen LogP contribution in [0.1, 0.15) is 18.1 Å². The minimum Gasteiger partial charge on any atom is -0.452 e. The number of carbonyl (C=O) groups is 3. The highest BCUT2D eigenvalue weighted by atomic mass is 32.2. The molecule has 1 rings (SSSR count). The summed E-state index contributed by atoms with van der Waals surface area (Å²) in [5.74, 6) is -1.07. The van der Waals surface area contributed by atoms with E-state index in [2.05, 4.69) is 10.6 Å². The Morgan fingerprint density at radius 2 is 1.95 bits per heavy atom. The van der Waals surface area contributed by atoms with Crippen molar-refractivity contribution in [3.8, 4) is 0 Å². The summed E-state index contributed by atoms with van der Waals surface area (Å²) in [7, 11) is 1.39. The molecule has 0 heterocycles. The van der Waals surface area contributed by atoms with Crippen molar-refractivity contribution in [2.75, 3.05) is 12.8 Å². The summed E-state index contributed by atoms with van der Waals surface area (Å²) in [5, 5.41) is 4.30. The summed E-state index contributed by atoms with van der Waals surface area (Å²) < 4.78 is 5.00. The maximum atomic E-state index is 11.8. The number of aryl methyl sites for hydroxylation is 2. The summed E-state index contributed by atoms with van der Waals surface area (Å²) in [4.78, 5) is 35.3. The molecular weight excluding hydrogens is 304 g/mol. The van der Waals surface area contributed by atoms with Gasteiger partial charge in [0.05, 0.1) is 5.75 Å². The fourth-order valence-corrected chi connectivity index (χ4v) is 2.47. The second-order valence-electron chi connectivity index (χ2n) is 4.76. The fourth-order valence-electron chi connectivity index (χ4n) is 1.56. The molecule has 3 amide bonds. The summed E-state index contributed by atoms with van der Waals surface area (Å²) in [6.45, 7) is 5.36. The molecule has 0 aliphatic heterocycles. The summed E-state index contributed by atoms with van der Waals surface area (Å²) in [6.07, 6.45) is -1.02. The Balaban J connectivity index is 2.47. The van der Waals surface area contributed by atoms with Gasteiger partial charge in [-0.2, -0.15) is 0 Å². The fraction of sp³-hybridized carbons (Fsp3) is 0.400. The van der Waals surface area contributed by atoms with E-state index in [0.717, 1.165) is 16.0 Å². The predicted octanol–water partition coefficient (Wildman–Crippen LogP) is 1.78. The number of hydrogen-bond donors (Lipinski definition) is 2. The maximum Gasteiger partial charge on any atom is 0.321 e. The van der Waals surface area contributed by atoms with Gasteiger partial charge in [0.25, 0.3) is 5.91 Å². The van der Waals surface area contributed by atoms with E-state index in [1.165, 1.54) is 25.7 Å². The third kappa shape index (κ3) is 5.77. The number of carbonyl (C=O) groups excluding carboxylic acids is 3. The van der Waals surface area contributed by atoms with E-state index < -0.39 is 24.0 Å². The van der Waals surface area contributed by atoms with E-state index in [-0.39, 0.29) is 5.75 Å². The van der Waals surface area contributed by atoms with Crippen molar-refractivity contribution in [1.82, 2.24) is 10.6 Å². The molecule has 0 unspecified atom stereocenters. The molecule has 120 valence electrons. The molecule has 0 bridgehead atoms. The third-order valence-electron chi connectivity index (χ3n) is 2.83. The van der Waals surface area contributed by atoms with Gasteiger partial charge in [-0.3, -0.25) is 14.9 Å². The van der Waals surface area contributed by atoms with E-state index in [1.807, 2.05) is 32.0 Å². The van der Waals surface area contributed by atoms with Crippen molar-refractivity contribution in [1.29, 1.82) is 0 Å². The van der Waals surface area contributed by atoms with E-state index in [1.54, 1.807) is 0 Å². The molecule has 1 aromatic carbocycles. The van der Waals surface area contributed by atoms with Crippen molar-refractivity contribution in [3.05, 3.63) is 29.3 Å². The van der Waals surface area contributed by atoms with Crippen LogP contribution in [-0.2, 0) is 14.3 Å². The quantitative estimate of drug-likeness (QED) is 0.637. The van der Waals surface area contributed by atoms with Crippen molar-refractivity contribution >= 4 is 29.7 Å². The van der Waals surface area contributed by atoms with Gasteiger partial charge in [-0.1, -0.05) is 17.7 Å². The second-order valence-corrected chi connectivity index (χ2v) is 5.78. The monoisotopic (exact) mass is 324 g/mol. The summed E-state index contributed by atoms with van der Waals surface area (Å²) >= 11 is 1.36. The Morgan fingerprint density at radius 1 is 1.27 bits per heavy atom. The first-order valence-electron chi connectivity index (χ1n) is 6.75. The minimum atomic E-state index is -1.02. The van der Waals surface area contributed by atoms with Crippen molar-refractivity contribution in [2.24, 2.45) is 0 Å². The highest BCUT2D eigenvalue weighted by Crippen LogP contribution is 2.23. The molecule has 0 aliphatic carbocycles. The number of rotatable bonds is 5. The summed E-state index contributed by atoms with van der Waals surface area (Å²) in [5.41, 5.74) is 2.19. The van der Waals surface area contributed by atoms with Gasteiger partial charge in [-0.15, -0.1) is 11.8 Å². The lowest BCUT2D eigenvalue weighted by Crippen LogP contribution is -2.43. The molecule has 0 aromatic heterocycles. The minimum absolute atomic E-state index is 0.0991. The van der Waals surface area contributed by atoms with Gasteiger partial charge in [0.15, 0.2) is 6.10 Å². The molecule has 22 heavy (non-hydrogen) atoms. The number of imide groups is 1. The molecule has 2 N–H and O–H groups in total. The van der Waals surface area contributed by atoms with Crippen LogP contribution < -0.4 is 10.6 Å². The number of benzene rings is 1. The molecular formula is C15H20N2O4S. The number of hydrogen-bond acceptors (Lipinski definition) is 5. The molecule has 0 spiro atoms. The van der Waals surface area contributed by atoms with Crippen molar-refractivity contribution in [3.63, 3.8) is 0 Å². The number of esters is 1. The largest absolute Gasteiger partial charge is 0.452 e. The molecule has 7 heteroatoms. The van der Waals surface area contributed by atoms with E-state index in [0.29, 0.717) is 0 Å². The molecule has 0 saturated heterocycles. The number of ether oxygens (including phenoxy) is 1. The lowest BCUT2D eigenvalue weighted by molar-refractivity contribution is -0.151. The third-order valence-corrected chi connectivity index (χ3v) is 3.96. The zero-order valence-corrected chi connectivity index (χ0v) is 13.9. The van der Waals surface area contributed by atoms with Crippen LogP contribution in [0.25, 0.3) is 0 Å². The Morgan fingerprint density at radius 3 is 2.59 bits per heavy atom. The Kier molecular flexibility index (Phi) is 6.91. The number of amides is 3. The van der Waals surface area contributed by atoms with Crippen LogP contribution in [0.5, 0.6) is 0 Å². The lowest BCUT2D eigenvalue weighted by atomic mass is 10.2. The summed E-state index contributed by atoms with van der Waals surface area (Å²) in [6, 6.07) is 5.35. The first kappa shape index (κ1) is 18.0. The number of thioether (sulfide) groups is 1. The van der Waals surface area contributed by atoms with Crippen LogP contribution in [0.3, 0.4) is 0 Å². The number of urea groups is 1. The van der Waals surface area contributed by atoms with Crippen LogP contribution in [0.15, 0.2) is 23.1 Å². The van der Waals surface area contributed by atoms with Gasteiger partial charge in [0.1, 0.15) is 0 Å². The first-order chi connectivity index (χ1) is 10.3. The highest BCUT2D eigenvalue weighted by molar-refractivity contribution is 8.00. The van der Waals surface area contributed by atoms with Gasteiger partial charge < -0.3 is 10.1 Å². The topological polar surface area (TPSA) is 84.5 Å². The van der Waals surface area contributed by atoms with E-state index in [4.69, 9.17) is 4.74 Å². The Bertz CT molecular complexity index is 575. The van der Waals surface area contributed by atoms with Crippen LogP contribution in [0, 0.1) is 13.8 Å². The second kappa shape index (κ2) is 8.43. The Hall–Kier alpha value is -2.02. The Labute approximate surface area is 134 Å². The van der Waals surface area contributed by atoms with Gasteiger partial charge in [0.2, 0.25) is 0 Å². The van der Waals surface area contributed by atoms with Gasteiger partial charge in [-0.05, 0) is 32.4 Å². The van der Waals surface area contributed by atoms with Crippen molar-refractivity contribution in [2.45, 2.75) is 31.8 Å². The van der Waals surface area contributed by atoms with Crippen LogP contribution in [0.2, 0.25) is 0 Å². The zero-order chi connectivity index (χ0) is 16.7. The van der Waals surface area contributed by atoms with Crippen LogP contribution >= 0.6 is 11.8 Å². The molecule has 0 radical (unpaired) electrons. The van der Waals surface area contributed by atoms with Crippen molar-refractivity contribution < 1.29 is 19.1 Å². The predicted molar refractivity (Wildman–Crippen MR) is 84.8 cm³/mol. The van der Waals surface area contributed by atoms with E-state index in [9.17, 15) is 14.4 Å². The zero-order valence-electron chi connectivity index (χ0n) is 13.1. The van der Waals surface area contributed by atoms with Gasteiger partial charge in [-0.25, -0.2) is 4.79 Å². The molecule has 1 aromatic rings. The lowest BCUT2D eigenvalue weighted by Gasteiger charge is -2.13. The normalized spacial score (nSPS) is 11.5. The molecule has 6 nitrogen and oxygen atoms in total. The standard InChI is InChI=1S/C15H20N2O4S/c1-9-5-6-10(2)12(7-9)22-8-13(18)21-11(3)14(19)17-15(20)16-4/h5-7,11H,8H2,1-4H3,(H2,16,17,19,20)/t11-/m1/s1. The molecule has 0 saturated carbocycles. The molecule has 1 atom stereocenters. The maximum absolute atomic E-state index is 11.8. The first-order valence-corrected chi connectivity index (χ1v) is 7.74. The van der Waals surface area contributed by atoms with Crippen LogP contribution in [-0.4, -0.2) is 36.8 Å². The molecule has 0 fully saturated rings. The van der Waals surface area contributed by atoms with E-state index >= 15 is 0 Å². The average molecular weight is 324 g/mol.